The molecule has 0 radical (unpaired) electrons. The zero-order valence-corrected chi connectivity index (χ0v) is 16.2. The second-order valence-corrected chi connectivity index (χ2v) is 7.69. The highest BCUT2D eigenvalue weighted by Crippen LogP contribution is 2.39. The number of benzene rings is 1. The summed E-state index contributed by atoms with van der Waals surface area (Å²) in [5.74, 6) is -0.264. The van der Waals surface area contributed by atoms with Crippen molar-refractivity contribution in [3.63, 3.8) is 0 Å². The van der Waals surface area contributed by atoms with E-state index in [9.17, 15) is 18.0 Å². The van der Waals surface area contributed by atoms with Crippen LogP contribution in [0, 0.1) is 12.8 Å². The lowest BCUT2D eigenvalue weighted by Gasteiger charge is -2.30. The molecule has 152 valence electrons. The van der Waals surface area contributed by atoms with Gasteiger partial charge in [-0.1, -0.05) is 13.0 Å². The molecule has 0 saturated heterocycles. The molecule has 0 unspecified atom stereocenters. The Bertz CT molecular complexity index is 849. The van der Waals surface area contributed by atoms with Gasteiger partial charge in [0, 0.05) is 17.8 Å². The number of primary amides is 1. The van der Waals surface area contributed by atoms with Crippen LogP contribution in [-0.2, 0) is 19.1 Å². The van der Waals surface area contributed by atoms with E-state index in [0.717, 1.165) is 62.2 Å². The molecule has 1 saturated carbocycles. The zero-order valence-electron chi connectivity index (χ0n) is 16.2. The maximum Gasteiger partial charge on any atom is 0.416 e. The highest BCUT2D eigenvalue weighted by Gasteiger charge is 2.33. The number of aromatic nitrogens is 2. The molecule has 4 nitrogen and oxygen atoms in total. The first kappa shape index (κ1) is 20.4. The Kier molecular flexibility index (Phi) is 5.82. The van der Waals surface area contributed by atoms with Gasteiger partial charge in [0.25, 0.3) is 0 Å². The molecule has 1 aromatic carbocycles. The van der Waals surface area contributed by atoms with E-state index in [2.05, 4.69) is 29.7 Å². The van der Waals surface area contributed by atoms with Gasteiger partial charge in [-0.2, -0.15) is 18.3 Å². The molecule has 1 aliphatic carbocycles. The van der Waals surface area contributed by atoms with Crippen LogP contribution >= 0.6 is 0 Å². The Morgan fingerprint density at radius 1 is 1.21 bits per heavy atom. The van der Waals surface area contributed by atoms with Gasteiger partial charge < -0.3 is 5.73 Å². The summed E-state index contributed by atoms with van der Waals surface area (Å²) in [6, 6.07) is 5.47. The summed E-state index contributed by atoms with van der Waals surface area (Å²) in [5, 5.41) is 4.62. The van der Waals surface area contributed by atoms with Crippen LogP contribution in [0.5, 0.6) is 0 Å². The summed E-state index contributed by atoms with van der Waals surface area (Å²) < 4.78 is 40.9. The third-order valence-corrected chi connectivity index (χ3v) is 5.76. The first-order valence-electron chi connectivity index (χ1n) is 9.73. The molecule has 1 heterocycles. The van der Waals surface area contributed by atoms with Gasteiger partial charge in [-0.05, 0) is 74.6 Å². The van der Waals surface area contributed by atoms with E-state index in [-0.39, 0.29) is 11.5 Å². The highest BCUT2D eigenvalue weighted by molar-refractivity contribution is 5.94. The monoisotopic (exact) mass is 393 g/mol. The molecule has 0 aliphatic heterocycles. The molecule has 7 heteroatoms. The smallest absolute Gasteiger partial charge is 0.366 e. The van der Waals surface area contributed by atoms with Gasteiger partial charge in [0.15, 0.2) is 0 Å². The van der Waals surface area contributed by atoms with Gasteiger partial charge in [0.2, 0.25) is 5.91 Å². The van der Waals surface area contributed by atoms with Crippen molar-refractivity contribution in [2.24, 2.45) is 11.7 Å². The number of nitrogens with two attached hydrogens (primary N) is 1. The van der Waals surface area contributed by atoms with Crippen LogP contribution in [0.1, 0.15) is 71.4 Å². The second kappa shape index (κ2) is 7.97. The second-order valence-electron chi connectivity index (χ2n) is 7.69. The standard InChI is InChI=1S/C21H26F3N3O/c1-3-17-10-13(2)27(26-17)12-14-4-6-15(7-5-14)18-9-8-16(21(22,23)24)11-19(18)20(25)28/h8-11,14-15H,3-7,12H2,1-2H3,(H2,25,28)/t14-,15-. The first-order chi connectivity index (χ1) is 13.2. The fourth-order valence-corrected chi connectivity index (χ4v) is 4.14. The molecule has 1 fully saturated rings. The van der Waals surface area contributed by atoms with Crippen molar-refractivity contribution < 1.29 is 18.0 Å². The van der Waals surface area contributed by atoms with Crippen molar-refractivity contribution in [3.05, 3.63) is 52.3 Å². The van der Waals surface area contributed by atoms with Gasteiger partial charge >= 0.3 is 6.18 Å². The van der Waals surface area contributed by atoms with Crippen molar-refractivity contribution in [2.45, 2.75) is 64.6 Å². The summed E-state index contributed by atoms with van der Waals surface area (Å²) in [5.41, 5.74) is 7.41. The lowest BCUT2D eigenvalue weighted by atomic mass is 9.77. The Hall–Kier alpha value is -2.31. The third kappa shape index (κ3) is 4.39. The number of carbonyl (C=O) groups is 1. The number of nitrogens with zero attached hydrogens (tertiary/aromatic N) is 2. The molecule has 2 N–H and O–H groups in total. The molecule has 0 atom stereocenters. The molecular formula is C21H26F3N3O. The van der Waals surface area contributed by atoms with Crippen LogP contribution in [0.4, 0.5) is 13.2 Å². The number of hydrogen-bond donors (Lipinski definition) is 1. The zero-order chi connectivity index (χ0) is 20.5. The third-order valence-electron chi connectivity index (χ3n) is 5.76. The molecule has 2 aromatic rings. The quantitative estimate of drug-likeness (QED) is 0.790. The van der Waals surface area contributed by atoms with Crippen molar-refractivity contribution in [2.75, 3.05) is 0 Å². The van der Waals surface area contributed by atoms with Gasteiger partial charge in [0.05, 0.1) is 11.3 Å². The average Bonchev–Trinajstić information content (AvgIpc) is 3.01. The lowest BCUT2D eigenvalue weighted by molar-refractivity contribution is -0.137. The summed E-state index contributed by atoms with van der Waals surface area (Å²) in [7, 11) is 0. The van der Waals surface area contributed by atoms with Gasteiger partial charge in [-0.15, -0.1) is 0 Å². The topological polar surface area (TPSA) is 60.9 Å². The maximum absolute atomic E-state index is 13.0. The summed E-state index contributed by atoms with van der Waals surface area (Å²) in [6.45, 7) is 4.99. The number of alkyl halides is 3. The minimum atomic E-state index is -4.49. The van der Waals surface area contributed by atoms with Crippen LogP contribution < -0.4 is 5.73 Å². The number of hydrogen-bond acceptors (Lipinski definition) is 2. The average molecular weight is 393 g/mol. The first-order valence-corrected chi connectivity index (χ1v) is 9.73. The van der Waals surface area contributed by atoms with Crippen molar-refractivity contribution >= 4 is 5.91 Å². The Balaban J connectivity index is 1.70. The molecule has 3 rings (SSSR count). The number of aryl methyl sites for hydroxylation is 2. The van der Waals surface area contributed by atoms with E-state index in [1.165, 1.54) is 6.07 Å². The molecule has 28 heavy (non-hydrogen) atoms. The van der Waals surface area contributed by atoms with E-state index in [0.29, 0.717) is 11.5 Å². The van der Waals surface area contributed by atoms with Crippen LogP contribution in [-0.4, -0.2) is 15.7 Å². The number of amides is 1. The fraction of sp³-hybridized carbons (Fsp3) is 0.524. The highest BCUT2D eigenvalue weighted by atomic mass is 19.4. The van der Waals surface area contributed by atoms with E-state index in [1.807, 2.05) is 0 Å². The van der Waals surface area contributed by atoms with E-state index < -0.39 is 17.6 Å². The molecule has 0 bridgehead atoms. The van der Waals surface area contributed by atoms with Crippen molar-refractivity contribution in [1.29, 1.82) is 0 Å². The molecule has 1 aliphatic rings. The van der Waals surface area contributed by atoms with Gasteiger partial charge in [-0.3, -0.25) is 9.48 Å². The van der Waals surface area contributed by atoms with Crippen LogP contribution in [0.15, 0.2) is 24.3 Å². The van der Waals surface area contributed by atoms with Crippen molar-refractivity contribution in [3.8, 4) is 0 Å². The van der Waals surface area contributed by atoms with Gasteiger partial charge in [0.1, 0.15) is 0 Å². The predicted octanol–water partition coefficient (Wildman–Crippen LogP) is 4.85. The predicted molar refractivity (Wildman–Crippen MR) is 101 cm³/mol. The van der Waals surface area contributed by atoms with Crippen LogP contribution in [0.25, 0.3) is 0 Å². The largest absolute Gasteiger partial charge is 0.416 e. The molecule has 1 aromatic heterocycles. The number of carbonyl (C=O) groups excluding carboxylic acids is 1. The SMILES string of the molecule is CCc1cc(C)n(C[C@H]2CC[C@H](c3ccc(C(F)(F)F)cc3C(N)=O)CC2)n1. The van der Waals surface area contributed by atoms with Crippen LogP contribution in [0.3, 0.4) is 0 Å². The Labute approximate surface area is 162 Å². The summed E-state index contributed by atoms with van der Waals surface area (Å²) in [6.07, 6.45) is -0.0203. The molecule has 0 spiro atoms. The molecular weight excluding hydrogens is 367 g/mol. The maximum atomic E-state index is 13.0. The summed E-state index contributed by atoms with van der Waals surface area (Å²) >= 11 is 0. The lowest BCUT2D eigenvalue weighted by Crippen LogP contribution is -2.22. The normalized spacial score (nSPS) is 20.3. The Morgan fingerprint density at radius 3 is 2.43 bits per heavy atom. The van der Waals surface area contributed by atoms with Crippen molar-refractivity contribution in [1.82, 2.24) is 9.78 Å². The van der Waals surface area contributed by atoms with E-state index in [4.69, 9.17) is 5.73 Å². The Morgan fingerprint density at radius 2 is 1.89 bits per heavy atom. The fourth-order valence-electron chi connectivity index (χ4n) is 4.14. The summed E-state index contributed by atoms with van der Waals surface area (Å²) in [4.78, 5) is 11.8. The number of halogens is 3. The minimum Gasteiger partial charge on any atom is -0.366 e. The van der Waals surface area contributed by atoms with Crippen LogP contribution in [0.2, 0.25) is 0 Å². The number of rotatable bonds is 5. The van der Waals surface area contributed by atoms with E-state index in [1.54, 1.807) is 0 Å². The van der Waals surface area contributed by atoms with E-state index >= 15 is 0 Å². The molecule has 1 amide bonds. The van der Waals surface area contributed by atoms with Gasteiger partial charge in [-0.25, -0.2) is 0 Å². The minimum absolute atomic E-state index is 0.00576.